The van der Waals surface area contributed by atoms with Crippen LogP contribution >= 0.6 is 11.5 Å². The van der Waals surface area contributed by atoms with Gasteiger partial charge in [-0.05, 0) is 5.21 Å². The summed E-state index contributed by atoms with van der Waals surface area (Å²) in [5.41, 5.74) is 0.703. The molecule has 0 unspecified atom stereocenters. The van der Waals surface area contributed by atoms with Crippen molar-refractivity contribution in [2.45, 2.75) is 0 Å². The van der Waals surface area contributed by atoms with Crippen LogP contribution in [0.1, 0.15) is 0 Å². The third kappa shape index (κ3) is 2.43. The van der Waals surface area contributed by atoms with Gasteiger partial charge in [-0.15, -0.1) is 0 Å². The molecule has 0 bridgehead atoms. The molecule has 0 atom stereocenters. The Morgan fingerprint density at radius 1 is 1.00 bits per heavy atom. The zero-order valence-electron chi connectivity index (χ0n) is 10.1. The SMILES string of the molecule is COc1cc(OC)c(OC)cc1Nc1nnns1. The van der Waals surface area contributed by atoms with Crippen LogP contribution in [0.2, 0.25) is 0 Å². The summed E-state index contributed by atoms with van der Waals surface area (Å²) in [5, 5.41) is 10.9. The predicted molar refractivity (Wildman–Crippen MR) is 67.1 cm³/mol. The van der Waals surface area contributed by atoms with Gasteiger partial charge >= 0.3 is 0 Å². The van der Waals surface area contributed by atoms with E-state index in [2.05, 4.69) is 20.1 Å². The van der Waals surface area contributed by atoms with E-state index in [9.17, 15) is 0 Å². The van der Waals surface area contributed by atoms with Crippen molar-refractivity contribution in [3.63, 3.8) is 0 Å². The van der Waals surface area contributed by atoms with Gasteiger partial charge in [0.1, 0.15) is 5.75 Å². The number of anilines is 2. The maximum Gasteiger partial charge on any atom is 0.229 e. The molecule has 0 fully saturated rings. The predicted octanol–water partition coefficient (Wildman–Crippen LogP) is 1.70. The molecule has 2 aromatic rings. The summed E-state index contributed by atoms with van der Waals surface area (Å²) in [7, 11) is 4.71. The first kappa shape index (κ1) is 12.4. The minimum atomic E-state index is 0.570. The molecule has 96 valence electrons. The van der Waals surface area contributed by atoms with Crippen molar-refractivity contribution < 1.29 is 14.2 Å². The van der Waals surface area contributed by atoms with Crippen LogP contribution in [-0.2, 0) is 0 Å². The van der Waals surface area contributed by atoms with Gasteiger partial charge in [0.25, 0.3) is 0 Å². The molecule has 18 heavy (non-hydrogen) atoms. The average molecular weight is 268 g/mol. The molecule has 0 aliphatic carbocycles. The summed E-state index contributed by atoms with van der Waals surface area (Å²) in [6, 6.07) is 3.49. The smallest absolute Gasteiger partial charge is 0.229 e. The Labute approximate surface area is 108 Å². The van der Waals surface area contributed by atoms with E-state index >= 15 is 0 Å². The fourth-order valence-electron chi connectivity index (χ4n) is 1.42. The summed E-state index contributed by atoms with van der Waals surface area (Å²) in [4.78, 5) is 0. The highest BCUT2D eigenvalue weighted by atomic mass is 32.1. The molecule has 8 heteroatoms. The molecule has 0 aliphatic heterocycles. The molecule has 0 aliphatic rings. The monoisotopic (exact) mass is 268 g/mol. The minimum Gasteiger partial charge on any atom is -0.494 e. The van der Waals surface area contributed by atoms with E-state index in [1.165, 1.54) is 0 Å². The van der Waals surface area contributed by atoms with Crippen LogP contribution in [0.4, 0.5) is 10.8 Å². The third-order valence-electron chi connectivity index (χ3n) is 2.25. The van der Waals surface area contributed by atoms with Gasteiger partial charge in [0.15, 0.2) is 11.5 Å². The first-order chi connectivity index (χ1) is 8.78. The first-order valence-electron chi connectivity index (χ1n) is 5.00. The number of benzene rings is 1. The molecule has 0 spiro atoms. The quantitative estimate of drug-likeness (QED) is 0.884. The van der Waals surface area contributed by atoms with Crippen molar-refractivity contribution >= 4 is 22.4 Å². The van der Waals surface area contributed by atoms with Crippen LogP contribution in [0, 0.1) is 0 Å². The summed E-state index contributed by atoms with van der Waals surface area (Å²) < 4.78 is 19.4. The van der Waals surface area contributed by atoms with E-state index in [0.29, 0.717) is 28.1 Å². The molecule has 1 heterocycles. The van der Waals surface area contributed by atoms with Gasteiger partial charge in [0.2, 0.25) is 5.13 Å². The molecule has 1 aromatic carbocycles. The number of nitrogens with one attached hydrogen (secondary N) is 1. The lowest BCUT2D eigenvalue weighted by molar-refractivity contribution is 0.349. The van der Waals surface area contributed by atoms with Crippen molar-refractivity contribution in [2.24, 2.45) is 0 Å². The van der Waals surface area contributed by atoms with Crippen molar-refractivity contribution in [3.05, 3.63) is 12.1 Å². The maximum absolute atomic E-state index is 5.27. The van der Waals surface area contributed by atoms with Crippen molar-refractivity contribution in [1.29, 1.82) is 0 Å². The summed E-state index contributed by atoms with van der Waals surface area (Å²) >= 11 is 1.15. The third-order valence-corrected chi connectivity index (χ3v) is 2.76. The fourth-order valence-corrected chi connectivity index (χ4v) is 1.80. The average Bonchev–Trinajstić information content (AvgIpc) is 2.91. The van der Waals surface area contributed by atoms with Gasteiger partial charge in [-0.1, -0.05) is 9.59 Å². The highest BCUT2D eigenvalue weighted by molar-refractivity contribution is 7.09. The van der Waals surface area contributed by atoms with Crippen LogP contribution in [0.15, 0.2) is 12.1 Å². The van der Waals surface area contributed by atoms with E-state index in [0.717, 1.165) is 11.5 Å². The Hall–Kier alpha value is -2.09. The first-order valence-corrected chi connectivity index (χ1v) is 5.78. The maximum atomic E-state index is 5.27. The number of rotatable bonds is 5. The number of aromatic nitrogens is 3. The standard InChI is InChI=1S/C10H12N4O3S/c1-15-7-5-9(17-3)8(16-2)4-6(7)11-10-12-13-14-18-10/h4-5H,1-3H3,(H,11,12,14). The molecule has 0 saturated carbocycles. The van der Waals surface area contributed by atoms with Crippen LogP contribution in [0.5, 0.6) is 17.2 Å². The lowest BCUT2D eigenvalue weighted by Gasteiger charge is -2.13. The Kier molecular flexibility index (Phi) is 3.78. The van der Waals surface area contributed by atoms with Gasteiger partial charge in [-0.3, -0.25) is 0 Å². The normalized spacial score (nSPS) is 9.94. The van der Waals surface area contributed by atoms with Crippen LogP contribution in [-0.4, -0.2) is 36.1 Å². The second-order valence-corrected chi connectivity index (χ2v) is 3.93. The Morgan fingerprint density at radius 2 is 1.67 bits per heavy atom. The summed E-state index contributed by atoms with van der Waals surface area (Å²) in [6.07, 6.45) is 0. The molecule has 0 amide bonds. The van der Waals surface area contributed by atoms with Gasteiger partial charge < -0.3 is 19.5 Å². The Bertz CT molecular complexity index is 518. The van der Waals surface area contributed by atoms with E-state index in [-0.39, 0.29) is 0 Å². The van der Waals surface area contributed by atoms with Gasteiger partial charge in [0, 0.05) is 23.7 Å². The number of hydrogen-bond acceptors (Lipinski definition) is 8. The van der Waals surface area contributed by atoms with E-state index in [1.807, 2.05) is 0 Å². The second-order valence-electron chi connectivity index (χ2n) is 3.20. The van der Waals surface area contributed by atoms with Crippen molar-refractivity contribution in [1.82, 2.24) is 14.8 Å². The molecule has 2 rings (SSSR count). The second kappa shape index (κ2) is 5.50. The number of hydrogen-bond donors (Lipinski definition) is 1. The molecule has 7 nitrogen and oxygen atoms in total. The van der Waals surface area contributed by atoms with Crippen molar-refractivity contribution in [3.8, 4) is 17.2 Å². The zero-order valence-corrected chi connectivity index (χ0v) is 10.9. The lowest BCUT2D eigenvalue weighted by Crippen LogP contribution is -1.98. The fraction of sp³-hybridized carbons (Fsp3) is 0.300. The van der Waals surface area contributed by atoms with E-state index < -0.39 is 0 Å². The highest BCUT2D eigenvalue weighted by Crippen LogP contribution is 2.38. The highest BCUT2D eigenvalue weighted by Gasteiger charge is 2.13. The van der Waals surface area contributed by atoms with Crippen LogP contribution in [0.3, 0.4) is 0 Å². The topological polar surface area (TPSA) is 78.4 Å². The van der Waals surface area contributed by atoms with Crippen LogP contribution in [0.25, 0.3) is 0 Å². The zero-order chi connectivity index (χ0) is 13.0. The number of nitrogens with zero attached hydrogens (tertiary/aromatic N) is 3. The largest absolute Gasteiger partial charge is 0.494 e. The number of methoxy groups -OCH3 is 3. The Morgan fingerprint density at radius 3 is 2.22 bits per heavy atom. The van der Waals surface area contributed by atoms with Crippen LogP contribution < -0.4 is 19.5 Å². The molecular weight excluding hydrogens is 256 g/mol. The van der Waals surface area contributed by atoms with E-state index in [1.54, 1.807) is 33.5 Å². The molecule has 0 radical (unpaired) electrons. The number of ether oxygens (including phenoxy) is 3. The van der Waals surface area contributed by atoms with Gasteiger partial charge in [-0.25, -0.2) is 0 Å². The molecule has 1 N–H and O–H groups in total. The summed E-state index contributed by atoms with van der Waals surface area (Å²) in [5.74, 6) is 1.80. The van der Waals surface area contributed by atoms with Gasteiger partial charge in [-0.2, -0.15) is 0 Å². The lowest BCUT2D eigenvalue weighted by atomic mass is 10.2. The molecular formula is C10H12N4O3S. The minimum absolute atomic E-state index is 0.570. The van der Waals surface area contributed by atoms with Crippen molar-refractivity contribution in [2.75, 3.05) is 26.6 Å². The van der Waals surface area contributed by atoms with Gasteiger partial charge in [0.05, 0.1) is 27.0 Å². The molecule has 0 saturated heterocycles. The molecule has 1 aromatic heterocycles. The van der Waals surface area contributed by atoms with E-state index in [4.69, 9.17) is 14.2 Å². The summed E-state index contributed by atoms with van der Waals surface area (Å²) in [6.45, 7) is 0. The Balaban J connectivity index is 2.38.